The lowest BCUT2D eigenvalue weighted by Gasteiger charge is -2.44. The van der Waals surface area contributed by atoms with Crippen molar-refractivity contribution in [2.75, 3.05) is 11.5 Å². The van der Waals surface area contributed by atoms with Gasteiger partial charge in [-0.25, -0.2) is 4.79 Å². The molecule has 0 bridgehead atoms. The summed E-state index contributed by atoms with van der Waals surface area (Å²) in [5.74, 6) is -1.16. The first-order valence-electron chi connectivity index (χ1n) is 11.2. The molecule has 1 aliphatic carbocycles. The van der Waals surface area contributed by atoms with Crippen molar-refractivity contribution in [3.63, 3.8) is 0 Å². The minimum absolute atomic E-state index is 0.0660. The van der Waals surface area contributed by atoms with Gasteiger partial charge in [-0.3, -0.25) is 19.2 Å². The molecule has 0 saturated heterocycles. The summed E-state index contributed by atoms with van der Waals surface area (Å²) < 4.78 is 6.51. The van der Waals surface area contributed by atoms with Gasteiger partial charge in [-0.15, -0.1) is 0 Å². The predicted molar refractivity (Wildman–Crippen MR) is 120 cm³/mol. The molecule has 1 aromatic carbocycles. The Morgan fingerprint density at radius 2 is 1.94 bits per heavy atom. The zero-order valence-electron chi connectivity index (χ0n) is 19.1. The third-order valence-corrected chi connectivity index (χ3v) is 6.41. The number of nitrogens with one attached hydrogen (secondary N) is 1. The zero-order valence-corrected chi connectivity index (χ0v) is 19.1. The number of aromatic nitrogens is 2. The van der Waals surface area contributed by atoms with Crippen molar-refractivity contribution >= 4 is 23.5 Å². The molecule has 32 heavy (non-hydrogen) atoms. The quantitative estimate of drug-likeness (QED) is 0.724. The highest BCUT2D eigenvalue weighted by molar-refractivity contribution is 6.12. The monoisotopic (exact) mass is 438 g/mol. The van der Waals surface area contributed by atoms with Gasteiger partial charge in [0.15, 0.2) is 5.69 Å². The van der Waals surface area contributed by atoms with E-state index in [0.717, 1.165) is 36.8 Å². The highest BCUT2D eigenvalue weighted by Crippen LogP contribution is 2.35. The van der Waals surface area contributed by atoms with E-state index in [-0.39, 0.29) is 42.4 Å². The summed E-state index contributed by atoms with van der Waals surface area (Å²) in [6.07, 6.45) is 4.07. The van der Waals surface area contributed by atoms with Crippen molar-refractivity contribution < 1.29 is 19.1 Å². The second kappa shape index (κ2) is 8.41. The fraction of sp³-hybridized carbons (Fsp3) is 0.500. The number of fused-ring (bicyclic) bond motifs is 1. The van der Waals surface area contributed by atoms with E-state index in [1.54, 1.807) is 18.7 Å². The van der Waals surface area contributed by atoms with Crippen LogP contribution in [0.25, 0.3) is 0 Å². The number of nitrogens with zero attached hydrogens (tertiary/aromatic N) is 3. The van der Waals surface area contributed by atoms with Crippen molar-refractivity contribution in [1.29, 1.82) is 0 Å². The second-order valence-corrected chi connectivity index (χ2v) is 8.95. The van der Waals surface area contributed by atoms with Gasteiger partial charge in [-0.05, 0) is 52.2 Å². The number of carbonyl (C=O) groups is 3. The number of amides is 2. The van der Waals surface area contributed by atoms with Gasteiger partial charge in [0.25, 0.3) is 5.91 Å². The van der Waals surface area contributed by atoms with Gasteiger partial charge in [-0.2, -0.15) is 5.10 Å². The van der Waals surface area contributed by atoms with Crippen LogP contribution in [-0.4, -0.2) is 45.8 Å². The van der Waals surface area contributed by atoms with Crippen LogP contribution in [-0.2, 0) is 16.1 Å². The summed E-state index contributed by atoms with van der Waals surface area (Å²) in [7, 11) is 0. The molecule has 1 aromatic heterocycles. The van der Waals surface area contributed by atoms with Crippen LogP contribution in [0.1, 0.15) is 71.6 Å². The molecule has 2 aliphatic rings. The van der Waals surface area contributed by atoms with Crippen molar-refractivity contribution in [3.8, 4) is 0 Å². The predicted octanol–water partition coefficient (Wildman–Crippen LogP) is 3.15. The van der Waals surface area contributed by atoms with Crippen LogP contribution in [0.3, 0.4) is 0 Å². The number of hydrogen-bond donors (Lipinski definition) is 1. The fourth-order valence-electron chi connectivity index (χ4n) is 4.73. The first-order chi connectivity index (χ1) is 15.2. The van der Waals surface area contributed by atoms with Crippen LogP contribution < -0.4 is 10.2 Å². The first-order valence-corrected chi connectivity index (χ1v) is 11.2. The topological polar surface area (TPSA) is 93.5 Å². The second-order valence-electron chi connectivity index (χ2n) is 8.95. The third-order valence-electron chi connectivity index (χ3n) is 6.41. The Kier molecular flexibility index (Phi) is 5.79. The minimum Gasteiger partial charge on any atom is -0.461 e. The number of ether oxygens (including phenoxy) is 1. The Labute approximate surface area is 187 Å². The van der Waals surface area contributed by atoms with Crippen molar-refractivity contribution in [2.24, 2.45) is 0 Å². The lowest BCUT2D eigenvalue weighted by molar-refractivity contribution is -0.127. The van der Waals surface area contributed by atoms with Crippen LogP contribution in [0.5, 0.6) is 0 Å². The first kappa shape index (κ1) is 22.0. The molecule has 1 aliphatic heterocycles. The molecule has 0 radical (unpaired) electrons. The molecular formula is C24H30N4O4. The number of benzene rings is 1. The van der Waals surface area contributed by atoms with E-state index in [0.29, 0.717) is 5.69 Å². The lowest BCUT2D eigenvalue weighted by Crippen LogP contribution is -2.65. The van der Waals surface area contributed by atoms with E-state index in [9.17, 15) is 14.4 Å². The summed E-state index contributed by atoms with van der Waals surface area (Å²) in [6.45, 7) is 7.75. The summed E-state index contributed by atoms with van der Waals surface area (Å²) in [4.78, 5) is 41.1. The Morgan fingerprint density at radius 3 is 2.59 bits per heavy atom. The summed E-state index contributed by atoms with van der Waals surface area (Å²) in [5.41, 5.74) is 1.77. The molecule has 1 unspecified atom stereocenters. The van der Waals surface area contributed by atoms with E-state index >= 15 is 0 Å². The number of anilines is 1. The maximum absolute atomic E-state index is 13.7. The largest absolute Gasteiger partial charge is 0.461 e. The van der Waals surface area contributed by atoms with E-state index in [2.05, 4.69) is 10.4 Å². The molecular weight excluding hydrogens is 408 g/mol. The van der Waals surface area contributed by atoms with E-state index in [1.165, 1.54) is 10.7 Å². The van der Waals surface area contributed by atoms with Gasteiger partial charge < -0.3 is 10.1 Å². The Hall–Kier alpha value is -3.16. The highest BCUT2D eigenvalue weighted by Gasteiger charge is 2.50. The smallest absolute Gasteiger partial charge is 0.358 e. The number of carbonyl (C=O) groups excluding carboxylic acids is 3. The van der Waals surface area contributed by atoms with E-state index in [1.807, 2.05) is 32.0 Å². The molecule has 0 spiro atoms. The molecule has 8 heteroatoms. The maximum Gasteiger partial charge on any atom is 0.358 e. The molecule has 1 N–H and O–H groups in total. The average molecular weight is 439 g/mol. The van der Waals surface area contributed by atoms with Crippen LogP contribution in [0.2, 0.25) is 0 Å². The van der Waals surface area contributed by atoms with Crippen LogP contribution in [0.15, 0.2) is 24.3 Å². The standard InChI is InChI=1S/C24H30N4O4/c1-5-32-22(30)18-13-20-21(29)28(19-11-10-15(2)12-16(19)3)24(4,14-27(20)26-18)23(31)25-17-8-6-7-9-17/h10-13,17H,5-9,14H2,1-4H3,(H,25,31). The summed E-state index contributed by atoms with van der Waals surface area (Å²) in [6, 6.07) is 7.37. The molecule has 2 amide bonds. The maximum atomic E-state index is 13.7. The molecule has 1 atom stereocenters. The number of esters is 1. The van der Waals surface area contributed by atoms with Crippen LogP contribution in [0, 0.1) is 13.8 Å². The van der Waals surface area contributed by atoms with Crippen molar-refractivity contribution in [3.05, 3.63) is 46.8 Å². The van der Waals surface area contributed by atoms with Gasteiger partial charge in [0.1, 0.15) is 11.2 Å². The summed E-state index contributed by atoms with van der Waals surface area (Å²) in [5, 5.41) is 7.46. The van der Waals surface area contributed by atoms with E-state index < -0.39 is 11.5 Å². The fourth-order valence-corrected chi connectivity index (χ4v) is 4.73. The summed E-state index contributed by atoms with van der Waals surface area (Å²) >= 11 is 0. The number of rotatable bonds is 5. The van der Waals surface area contributed by atoms with Gasteiger partial charge in [0.2, 0.25) is 5.91 Å². The van der Waals surface area contributed by atoms with Crippen LogP contribution in [0.4, 0.5) is 5.69 Å². The third kappa shape index (κ3) is 3.78. The molecule has 1 fully saturated rings. The van der Waals surface area contributed by atoms with Crippen LogP contribution >= 0.6 is 0 Å². The molecule has 170 valence electrons. The van der Waals surface area contributed by atoms with Crippen molar-refractivity contribution in [2.45, 2.75) is 71.5 Å². The Bertz CT molecular complexity index is 1070. The molecule has 1 saturated carbocycles. The molecule has 4 rings (SSSR count). The lowest BCUT2D eigenvalue weighted by atomic mass is 9.92. The van der Waals surface area contributed by atoms with Gasteiger partial charge >= 0.3 is 5.97 Å². The zero-order chi connectivity index (χ0) is 23.0. The normalized spacial score (nSPS) is 20.9. The van der Waals surface area contributed by atoms with Crippen molar-refractivity contribution in [1.82, 2.24) is 15.1 Å². The number of aryl methyl sites for hydroxylation is 2. The minimum atomic E-state index is -1.20. The number of hydrogen-bond acceptors (Lipinski definition) is 5. The average Bonchev–Trinajstić information content (AvgIpc) is 3.39. The molecule has 2 heterocycles. The molecule has 2 aromatic rings. The molecule has 8 nitrogen and oxygen atoms in total. The van der Waals surface area contributed by atoms with Gasteiger partial charge in [0, 0.05) is 17.8 Å². The van der Waals surface area contributed by atoms with E-state index in [4.69, 9.17) is 4.74 Å². The Morgan fingerprint density at radius 1 is 1.22 bits per heavy atom. The van der Waals surface area contributed by atoms with Gasteiger partial charge in [0.05, 0.1) is 13.2 Å². The van der Waals surface area contributed by atoms with Gasteiger partial charge in [-0.1, -0.05) is 30.5 Å². The highest BCUT2D eigenvalue weighted by atomic mass is 16.5. The Balaban J connectivity index is 1.79. The SMILES string of the molecule is CCOC(=O)c1cc2n(n1)CC(C)(C(=O)NC1CCCC1)N(c1ccc(C)cc1C)C2=O.